The third-order valence-corrected chi connectivity index (χ3v) is 5.83. The molecule has 3 heteroatoms. The van der Waals surface area contributed by atoms with Crippen molar-refractivity contribution in [3.63, 3.8) is 0 Å². The van der Waals surface area contributed by atoms with E-state index < -0.39 is 0 Å². The second-order valence-corrected chi connectivity index (χ2v) is 7.91. The van der Waals surface area contributed by atoms with E-state index in [1.54, 1.807) is 0 Å². The predicted molar refractivity (Wildman–Crippen MR) is 99.6 cm³/mol. The van der Waals surface area contributed by atoms with Crippen LogP contribution in [0.4, 0.5) is 0 Å². The van der Waals surface area contributed by atoms with Gasteiger partial charge in [0.25, 0.3) is 6.47 Å². The fraction of sp³-hybridized carbons (Fsp3) is 0.762. The Morgan fingerprint density at radius 2 is 1.46 bits per heavy atom. The molecule has 0 heterocycles. The molecule has 0 radical (unpaired) electrons. The summed E-state index contributed by atoms with van der Waals surface area (Å²) < 4.78 is 4.85. The van der Waals surface area contributed by atoms with Crippen LogP contribution < -0.4 is 0 Å². The van der Waals surface area contributed by atoms with Gasteiger partial charge in [0.2, 0.25) is 0 Å². The SMILES string of the molecule is CC(C)=C1CCC(C)C1CO.CC(C)=C1CCC(C)C1COC=O. The van der Waals surface area contributed by atoms with Gasteiger partial charge in [-0.25, -0.2) is 0 Å². The number of rotatable bonds is 4. The van der Waals surface area contributed by atoms with Crippen LogP contribution in [0.2, 0.25) is 0 Å². The van der Waals surface area contributed by atoms with Crippen molar-refractivity contribution in [2.75, 3.05) is 13.2 Å². The van der Waals surface area contributed by atoms with E-state index >= 15 is 0 Å². The highest BCUT2D eigenvalue weighted by molar-refractivity contribution is 5.37. The Labute approximate surface area is 148 Å². The molecule has 2 saturated carbocycles. The van der Waals surface area contributed by atoms with Gasteiger partial charge in [0.1, 0.15) is 0 Å². The van der Waals surface area contributed by atoms with E-state index in [1.165, 1.54) is 48.0 Å². The molecule has 3 nitrogen and oxygen atoms in total. The van der Waals surface area contributed by atoms with Crippen molar-refractivity contribution in [1.29, 1.82) is 0 Å². The maximum absolute atomic E-state index is 10.1. The first-order valence-corrected chi connectivity index (χ1v) is 9.32. The first-order chi connectivity index (χ1) is 11.3. The van der Waals surface area contributed by atoms with E-state index in [-0.39, 0.29) is 0 Å². The molecule has 138 valence electrons. The highest BCUT2D eigenvalue weighted by Crippen LogP contribution is 2.38. The number of aliphatic hydroxyl groups is 1. The number of hydrogen-bond donors (Lipinski definition) is 1. The maximum Gasteiger partial charge on any atom is 0.293 e. The number of allylic oxidation sites excluding steroid dienone is 2. The summed E-state index contributed by atoms with van der Waals surface area (Å²) in [5, 5.41) is 9.12. The summed E-state index contributed by atoms with van der Waals surface area (Å²) in [6.07, 6.45) is 4.87. The molecule has 0 saturated heterocycles. The Morgan fingerprint density at radius 1 is 1.00 bits per heavy atom. The minimum Gasteiger partial charge on any atom is -0.467 e. The lowest BCUT2D eigenvalue weighted by Gasteiger charge is -2.16. The molecule has 2 rings (SSSR count). The average molecular weight is 337 g/mol. The molecule has 4 unspecified atom stereocenters. The van der Waals surface area contributed by atoms with Crippen molar-refractivity contribution >= 4 is 6.47 Å². The third-order valence-electron chi connectivity index (χ3n) is 5.83. The zero-order valence-electron chi connectivity index (χ0n) is 16.4. The molecule has 0 aliphatic heterocycles. The number of hydrogen-bond acceptors (Lipinski definition) is 3. The Balaban J connectivity index is 0.000000243. The smallest absolute Gasteiger partial charge is 0.293 e. The molecule has 0 spiro atoms. The monoisotopic (exact) mass is 336 g/mol. The van der Waals surface area contributed by atoms with Crippen LogP contribution >= 0.6 is 0 Å². The second-order valence-electron chi connectivity index (χ2n) is 7.91. The van der Waals surface area contributed by atoms with E-state index in [4.69, 9.17) is 9.84 Å². The number of ether oxygens (including phenoxy) is 1. The first-order valence-electron chi connectivity index (χ1n) is 9.32. The van der Waals surface area contributed by atoms with Crippen molar-refractivity contribution < 1.29 is 14.6 Å². The lowest BCUT2D eigenvalue weighted by atomic mass is 9.93. The summed E-state index contributed by atoms with van der Waals surface area (Å²) in [6, 6.07) is 0. The van der Waals surface area contributed by atoms with Gasteiger partial charge in [0.05, 0.1) is 6.61 Å². The number of carbonyl (C=O) groups is 1. The Bertz CT molecular complexity index is 467. The number of aliphatic hydroxyl groups excluding tert-OH is 1. The first kappa shape index (κ1) is 21.0. The predicted octanol–water partition coefficient (Wildman–Crippen LogP) is 4.90. The molecule has 0 aromatic carbocycles. The third kappa shape index (κ3) is 5.47. The largest absolute Gasteiger partial charge is 0.467 e. The van der Waals surface area contributed by atoms with Crippen LogP contribution in [0.15, 0.2) is 22.3 Å². The Morgan fingerprint density at radius 3 is 1.83 bits per heavy atom. The zero-order valence-corrected chi connectivity index (χ0v) is 16.4. The summed E-state index contributed by atoms with van der Waals surface area (Å²) in [4.78, 5) is 10.1. The van der Waals surface area contributed by atoms with Gasteiger partial charge in [-0.1, -0.05) is 36.1 Å². The Hall–Kier alpha value is -1.09. The maximum atomic E-state index is 10.1. The average Bonchev–Trinajstić information content (AvgIpc) is 3.08. The van der Waals surface area contributed by atoms with Gasteiger partial charge in [0, 0.05) is 18.4 Å². The highest BCUT2D eigenvalue weighted by Gasteiger charge is 2.29. The van der Waals surface area contributed by atoms with Crippen LogP contribution in [-0.4, -0.2) is 24.8 Å². The van der Waals surface area contributed by atoms with Crippen molar-refractivity contribution in [3.8, 4) is 0 Å². The van der Waals surface area contributed by atoms with Gasteiger partial charge in [-0.05, 0) is 65.2 Å². The molecule has 0 aromatic rings. The molecular formula is C21H36O3. The minimum absolute atomic E-state index is 0.335. The quantitative estimate of drug-likeness (QED) is 0.586. The van der Waals surface area contributed by atoms with Crippen LogP contribution in [0.5, 0.6) is 0 Å². The Kier molecular flexibility index (Phi) is 8.75. The normalized spacial score (nSPS) is 29.1. The lowest BCUT2D eigenvalue weighted by molar-refractivity contribution is -0.129. The van der Waals surface area contributed by atoms with E-state index in [0.717, 1.165) is 0 Å². The van der Waals surface area contributed by atoms with E-state index in [0.29, 0.717) is 43.4 Å². The molecule has 1 N–H and O–H groups in total. The molecule has 2 aliphatic rings. The molecule has 4 atom stereocenters. The van der Waals surface area contributed by atoms with E-state index in [9.17, 15) is 4.79 Å². The van der Waals surface area contributed by atoms with Gasteiger partial charge >= 0.3 is 0 Å². The second kappa shape index (κ2) is 10.0. The van der Waals surface area contributed by atoms with Gasteiger partial charge in [-0.2, -0.15) is 0 Å². The molecule has 2 fully saturated rings. The fourth-order valence-corrected chi connectivity index (χ4v) is 4.17. The molecule has 24 heavy (non-hydrogen) atoms. The summed E-state index contributed by atoms with van der Waals surface area (Å²) in [7, 11) is 0. The minimum atomic E-state index is 0.335. The van der Waals surface area contributed by atoms with Gasteiger partial charge < -0.3 is 9.84 Å². The van der Waals surface area contributed by atoms with Crippen LogP contribution in [0, 0.1) is 23.7 Å². The molecule has 2 aliphatic carbocycles. The molecule has 0 bridgehead atoms. The lowest BCUT2D eigenvalue weighted by Crippen LogP contribution is -2.14. The van der Waals surface area contributed by atoms with E-state index in [1.807, 2.05) is 0 Å². The van der Waals surface area contributed by atoms with Crippen LogP contribution in [0.3, 0.4) is 0 Å². The van der Waals surface area contributed by atoms with E-state index in [2.05, 4.69) is 41.5 Å². The molecule has 0 amide bonds. The number of carbonyl (C=O) groups excluding carboxylic acids is 1. The summed E-state index contributed by atoms with van der Waals surface area (Å²) in [5.41, 5.74) is 5.80. The van der Waals surface area contributed by atoms with Gasteiger partial charge in [-0.3, -0.25) is 4.79 Å². The van der Waals surface area contributed by atoms with Crippen molar-refractivity contribution in [2.24, 2.45) is 23.7 Å². The summed E-state index contributed by atoms with van der Waals surface area (Å²) in [5.74, 6) is 2.27. The van der Waals surface area contributed by atoms with Gasteiger partial charge in [-0.15, -0.1) is 0 Å². The standard InChI is InChI=1S/C11H18O2.C10H18O/c1-8(2)10-5-4-9(3)11(10)6-13-7-12;1-7(2)9-5-4-8(3)10(9)6-11/h7,9,11H,4-6H2,1-3H3;8,10-11H,4-6H2,1-3H3. The summed E-state index contributed by atoms with van der Waals surface area (Å²) >= 11 is 0. The van der Waals surface area contributed by atoms with Crippen molar-refractivity contribution in [2.45, 2.75) is 67.2 Å². The highest BCUT2D eigenvalue weighted by atomic mass is 16.5. The topological polar surface area (TPSA) is 46.5 Å². The van der Waals surface area contributed by atoms with Gasteiger partial charge in [0.15, 0.2) is 0 Å². The zero-order chi connectivity index (χ0) is 18.3. The molecular weight excluding hydrogens is 300 g/mol. The molecule has 0 aromatic heterocycles. The van der Waals surface area contributed by atoms with Crippen LogP contribution in [-0.2, 0) is 9.53 Å². The van der Waals surface area contributed by atoms with Crippen molar-refractivity contribution in [1.82, 2.24) is 0 Å². The van der Waals surface area contributed by atoms with Crippen LogP contribution in [0.1, 0.15) is 67.2 Å². The summed E-state index contributed by atoms with van der Waals surface area (Å²) in [6.45, 7) is 14.5. The van der Waals surface area contributed by atoms with Crippen molar-refractivity contribution in [3.05, 3.63) is 22.3 Å². The fourth-order valence-electron chi connectivity index (χ4n) is 4.17. The van der Waals surface area contributed by atoms with Crippen LogP contribution in [0.25, 0.3) is 0 Å².